The Kier molecular flexibility index (Phi) is 2.81. The van der Waals surface area contributed by atoms with Crippen molar-refractivity contribution < 1.29 is 14.6 Å². The Morgan fingerprint density at radius 3 is 2.75 bits per heavy atom. The highest BCUT2D eigenvalue weighted by atomic mass is 16.5. The Morgan fingerprint density at radius 1 is 1.44 bits per heavy atom. The lowest BCUT2D eigenvalue weighted by Gasteiger charge is -2.22. The van der Waals surface area contributed by atoms with E-state index in [-0.39, 0.29) is 12.8 Å². The fourth-order valence-corrected chi connectivity index (χ4v) is 1.74. The van der Waals surface area contributed by atoms with E-state index in [1.165, 1.54) is 0 Å². The smallest absolute Gasteiger partial charge is 0.323 e. The SMILES string of the molecule is CC1=CN(CC(=O)O)C(c2ccccc2)O1. The lowest BCUT2D eigenvalue weighted by atomic mass is 10.2. The number of rotatable bonds is 3. The summed E-state index contributed by atoms with van der Waals surface area (Å²) in [5.41, 5.74) is 0.955. The number of hydrogen-bond acceptors (Lipinski definition) is 3. The lowest BCUT2D eigenvalue weighted by molar-refractivity contribution is -0.139. The van der Waals surface area contributed by atoms with Crippen molar-refractivity contribution in [3.63, 3.8) is 0 Å². The summed E-state index contributed by atoms with van der Waals surface area (Å²) in [6.07, 6.45) is 1.41. The van der Waals surface area contributed by atoms with Crippen molar-refractivity contribution in [2.24, 2.45) is 0 Å². The van der Waals surface area contributed by atoms with Crippen LogP contribution in [0.4, 0.5) is 0 Å². The van der Waals surface area contributed by atoms with E-state index in [9.17, 15) is 4.79 Å². The van der Waals surface area contributed by atoms with E-state index in [2.05, 4.69) is 0 Å². The molecule has 84 valence electrons. The van der Waals surface area contributed by atoms with E-state index in [0.717, 1.165) is 11.3 Å². The Morgan fingerprint density at radius 2 is 2.12 bits per heavy atom. The predicted molar refractivity (Wildman–Crippen MR) is 58.4 cm³/mol. The second-order valence-corrected chi connectivity index (χ2v) is 3.69. The summed E-state index contributed by atoms with van der Waals surface area (Å²) >= 11 is 0. The molecule has 16 heavy (non-hydrogen) atoms. The quantitative estimate of drug-likeness (QED) is 0.844. The largest absolute Gasteiger partial charge is 0.480 e. The Balaban J connectivity index is 2.19. The molecule has 1 aromatic carbocycles. The van der Waals surface area contributed by atoms with Gasteiger partial charge in [-0.3, -0.25) is 4.79 Å². The van der Waals surface area contributed by atoms with Crippen LogP contribution in [-0.4, -0.2) is 22.5 Å². The molecule has 1 aliphatic heterocycles. The van der Waals surface area contributed by atoms with Gasteiger partial charge >= 0.3 is 5.97 Å². The number of ether oxygens (including phenoxy) is 1. The molecule has 4 heteroatoms. The minimum absolute atomic E-state index is 0.0586. The first kappa shape index (κ1) is 10.5. The van der Waals surface area contributed by atoms with Gasteiger partial charge in [0.05, 0.1) is 0 Å². The maximum absolute atomic E-state index is 10.7. The molecule has 0 aliphatic carbocycles. The van der Waals surface area contributed by atoms with Crippen molar-refractivity contribution >= 4 is 5.97 Å². The third kappa shape index (κ3) is 2.16. The van der Waals surface area contributed by atoms with Gasteiger partial charge in [0.25, 0.3) is 0 Å². The molecule has 1 heterocycles. The highest BCUT2D eigenvalue weighted by Gasteiger charge is 2.26. The number of benzene rings is 1. The fraction of sp³-hybridized carbons (Fsp3) is 0.250. The van der Waals surface area contributed by atoms with Crippen molar-refractivity contribution in [2.75, 3.05) is 6.54 Å². The molecular weight excluding hydrogens is 206 g/mol. The first-order valence-electron chi connectivity index (χ1n) is 5.04. The van der Waals surface area contributed by atoms with Gasteiger partial charge in [0.1, 0.15) is 12.3 Å². The van der Waals surface area contributed by atoms with Crippen LogP contribution in [0, 0.1) is 0 Å². The Hall–Kier alpha value is -1.97. The van der Waals surface area contributed by atoms with Gasteiger partial charge in [-0.05, 0) is 6.92 Å². The second-order valence-electron chi connectivity index (χ2n) is 3.69. The standard InChI is InChI=1S/C12H13NO3/c1-9-7-13(8-11(14)15)12(16-9)10-5-3-2-4-6-10/h2-7,12H,8H2,1H3,(H,14,15). The topological polar surface area (TPSA) is 49.8 Å². The molecule has 0 spiro atoms. The van der Waals surface area contributed by atoms with E-state index in [1.54, 1.807) is 11.1 Å². The summed E-state index contributed by atoms with van der Waals surface area (Å²) < 4.78 is 5.58. The van der Waals surface area contributed by atoms with Crippen molar-refractivity contribution in [3.8, 4) is 0 Å². The summed E-state index contributed by atoms with van der Waals surface area (Å²) in [5.74, 6) is -0.134. The zero-order valence-electron chi connectivity index (χ0n) is 8.96. The molecule has 0 amide bonds. The minimum Gasteiger partial charge on any atom is -0.480 e. The highest BCUT2D eigenvalue weighted by molar-refractivity contribution is 5.69. The van der Waals surface area contributed by atoms with Crippen LogP contribution in [0.3, 0.4) is 0 Å². The van der Waals surface area contributed by atoms with Crippen molar-refractivity contribution in [2.45, 2.75) is 13.2 Å². The number of carboxylic acids is 1. The molecule has 1 unspecified atom stereocenters. The number of aliphatic carboxylic acids is 1. The van der Waals surface area contributed by atoms with E-state index >= 15 is 0 Å². The number of hydrogen-bond donors (Lipinski definition) is 1. The first-order chi connectivity index (χ1) is 7.66. The fourth-order valence-electron chi connectivity index (χ4n) is 1.74. The molecule has 0 saturated carbocycles. The van der Waals surface area contributed by atoms with Crippen LogP contribution in [0.25, 0.3) is 0 Å². The van der Waals surface area contributed by atoms with E-state index in [0.29, 0.717) is 0 Å². The van der Waals surface area contributed by atoms with Gasteiger partial charge in [0.15, 0.2) is 6.23 Å². The molecule has 1 N–H and O–H groups in total. The summed E-state index contributed by atoms with van der Waals surface area (Å²) in [5, 5.41) is 8.80. The average molecular weight is 219 g/mol. The van der Waals surface area contributed by atoms with Crippen molar-refractivity contribution in [1.29, 1.82) is 0 Å². The zero-order chi connectivity index (χ0) is 11.5. The van der Waals surface area contributed by atoms with Gasteiger partial charge in [-0.1, -0.05) is 30.3 Å². The number of carbonyl (C=O) groups is 1. The van der Waals surface area contributed by atoms with Gasteiger partial charge in [0.2, 0.25) is 0 Å². The Bertz CT molecular complexity index is 414. The molecule has 0 radical (unpaired) electrons. The van der Waals surface area contributed by atoms with E-state index < -0.39 is 5.97 Å². The monoisotopic (exact) mass is 219 g/mol. The third-order valence-corrected chi connectivity index (χ3v) is 2.35. The summed E-state index contributed by atoms with van der Waals surface area (Å²) in [7, 11) is 0. The third-order valence-electron chi connectivity index (χ3n) is 2.35. The van der Waals surface area contributed by atoms with Crippen LogP contribution in [0.15, 0.2) is 42.3 Å². The van der Waals surface area contributed by atoms with E-state index in [4.69, 9.17) is 9.84 Å². The molecule has 0 saturated heterocycles. The van der Waals surface area contributed by atoms with Crippen LogP contribution >= 0.6 is 0 Å². The lowest BCUT2D eigenvalue weighted by Crippen LogP contribution is -2.26. The summed E-state index contributed by atoms with van der Waals surface area (Å²) in [4.78, 5) is 12.4. The van der Waals surface area contributed by atoms with Gasteiger partial charge in [-0.15, -0.1) is 0 Å². The first-order valence-corrected chi connectivity index (χ1v) is 5.04. The molecule has 0 fully saturated rings. The minimum atomic E-state index is -0.865. The molecule has 1 aromatic rings. The average Bonchev–Trinajstić information content (AvgIpc) is 2.60. The highest BCUT2D eigenvalue weighted by Crippen LogP contribution is 2.30. The van der Waals surface area contributed by atoms with Gasteiger partial charge in [-0.2, -0.15) is 0 Å². The van der Waals surface area contributed by atoms with Crippen LogP contribution in [0.1, 0.15) is 18.7 Å². The number of allylic oxidation sites excluding steroid dienone is 1. The molecule has 0 bridgehead atoms. The molecule has 4 nitrogen and oxygen atoms in total. The summed E-state index contributed by atoms with van der Waals surface area (Å²) in [6, 6.07) is 9.58. The predicted octanol–water partition coefficient (Wildman–Crippen LogP) is 1.96. The van der Waals surface area contributed by atoms with Gasteiger partial charge in [-0.25, -0.2) is 0 Å². The van der Waals surface area contributed by atoms with Gasteiger partial charge < -0.3 is 14.7 Å². The zero-order valence-corrected chi connectivity index (χ0v) is 8.96. The maximum atomic E-state index is 10.7. The van der Waals surface area contributed by atoms with Crippen LogP contribution < -0.4 is 0 Å². The van der Waals surface area contributed by atoms with Gasteiger partial charge in [0, 0.05) is 11.8 Å². The summed E-state index contributed by atoms with van der Waals surface area (Å²) in [6.45, 7) is 1.76. The normalized spacial score (nSPS) is 19.2. The molecule has 2 rings (SSSR count). The number of nitrogens with zero attached hydrogens (tertiary/aromatic N) is 1. The van der Waals surface area contributed by atoms with Crippen LogP contribution in [0.5, 0.6) is 0 Å². The molecule has 0 aromatic heterocycles. The van der Waals surface area contributed by atoms with Crippen LogP contribution in [-0.2, 0) is 9.53 Å². The molecule has 1 aliphatic rings. The van der Waals surface area contributed by atoms with E-state index in [1.807, 2.05) is 37.3 Å². The maximum Gasteiger partial charge on any atom is 0.323 e. The number of carboxylic acid groups (broad SMARTS) is 1. The van der Waals surface area contributed by atoms with Crippen LogP contribution in [0.2, 0.25) is 0 Å². The Labute approximate surface area is 93.8 Å². The second kappa shape index (κ2) is 4.26. The van der Waals surface area contributed by atoms with Crippen molar-refractivity contribution in [3.05, 3.63) is 47.9 Å². The molecule has 1 atom stereocenters. The van der Waals surface area contributed by atoms with Crippen molar-refractivity contribution in [1.82, 2.24) is 4.90 Å². The molecular formula is C12H13NO3.